The Bertz CT molecular complexity index is 558. The molecule has 0 saturated heterocycles. The molecule has 4 heteroatoms. The number of carbonyl (C=O) groups is 1. The van der Waals surface area contributed by atoms with Crippen molar-refractivity contribution in [1.29, 1.82) is 0 Å². The summed E-state index contributed by atoms with van der Waals surface area (Å²) in [6.07, 6.45) is 4.65. The Kier molecular flexibility index (Phi) is 3.46. The summed E-state index contributed by atoms with van der Waals surface area (Å²) in [6, 6.07) is 3.44. The summed E-state index contributed by atoms with van der Waals surface area (Å²) >= 11 is 0. The lowest BCUT2D eigenvalue weighted by Crippen LogP contribution is -2.08. The van der Waals surface area contributed by atoms with Gasteiger partial charge in [0.15, 0.2) is 5.76 Å². The second-order valence-electron chi connectivity index (χ2n) is 4.34. The van der Waals surface area contributed by atoms with Gasteiger partial charge in [-0.3, -0.25) is 9.78 Å². The van der Waals surface area contributed by atoms with Gasteiger partial charge in [-0.25, -0.2) is 0 Å². The zero-order valence-electron chi connectivity index (χ0n) is 10.6. The monoisotopic (exact) mass is 245 g/mol. The SMILES string of the molecule is Cc1ccoc1C(=O)c1cncc(OC(C)C)c1. The Balaban J connectivity index is 2.29. The Morgan fingerprint density at radius 1 is 1.39 bits per heavy atom. The standard InChI is InChI=1S/C14H15NO3/c1-9(2)18-12-6-11(7-15-8-12)13(16)14-10(3)4-5-17-14/h4-9H,1-3H3. The first kappa shape index (κ1) is 12.4. The Hall–Kier alpha value is -2.10. The third-order valence-electron chi connectivity index (χ3n) is 2.42. The van der Waals surface area contributed by atoms with Crippen LogP contribution in [0.1, 0.15) is 35.5 Å². The fourth-order valence-corrected chi connectivity index (χ4v) is 1.62. The number of ether oxygens (including phenoxy) is 1. The predicted molar refractivity (Wildman–Crippen MR) is 66.9 cm³/mol. The molecular weight excluding hydrogens is 230 g/mol. The van der Waals surface area contributed by atoms with Crippen LogP contribution in [0.25, 0.3) is 0 Å². The van der Waals surface area contributed by atoms with Crippen LogP contribution in [-0.4, -0.2) is 16.9 Å². The van der Waals surface area contributed by atoms with Crippen LogP contribution in [0.15, 0.2) is 35.2 Å². The highest BCUT2D eigenvalue weighted by Crippen LogP contribution is 2.18. The highest BCUT2D eigenvalue weighted by molar-refractivity contribution is 6.07. The number of aromatic nitrogens is 1. The molecule has 0 aromatic carbocycles. The molecule has 2 aromatic heterocycles. The van der Waals surface area contributed by atoms with Gasteiger partial charge in [-0.15, -0.1) is 0 Å². The summed E-state index contributed by atoms with van der Waals surface area (Å²) in [4.78, 5) is 16.2. The number of rotatable bonds is 4. The summed E-state index contributed by atoms with van der Waals surface area (Å²) in [5.74, 6) is 0.748. The van der Waals surface area contributed by atoms with Crippen molar-refractivity contribution in [1.82, 2.24) is 4.98 Å². The van der Waals surface area contributed by atoms with Crippen molar-refractivity contribution in [2.75, 3.05) is 0 Å². The first-order valence-electron chi connectivity index (χ1n) is 5.78. The van der Waals surface area contributed by atoms with Gasteiger partial charge in [0, 0.05) is 11.8 Å². The van der Waals surface area contributed by atoms with Crippen LogP contribution in [0.2, 0.25) is 0 Å². The number of ketones is 1. The molecule has 0 aliphatic carbocycles. The van der Waals surface area contributed by atoms with Gasteiger partial charge in [-0.05, 0) is 38.5 Å². The fraction of sp³-hybridized carbons (Fsp3) is 0.286. The number of furan rings is 1. The van der Waals surface area contributed by atoms with E-state index in [1.54, 1.807) is 18.3 Å². The minimum atomic E-state index is -0.181. The van der Waals surface area contributed by atoms with Crippen LogP contribution in [0.5, 0.6) is 5.75 Å². The largest absolute Gasteiger partial charge is 0.489 e. The highest BCUT2D eigenvalue weighted by Gasteiger charge is 2.16. The van der Waals surface area contributed by atoms with E-state index in [1.165, 1.54) is 12.5 Å². The molecule has 0 unspecified atom stereocenters. The van der Waals surface area contributed by atoms with Crippen LogP contribution in [0.3, 0.4) is 0 Å². The maximum absolute atomic E-state index is 12.2. The maximum atomic E-state index is 12.2. The topological polar surface area (TPSA) is 52.3 Å². The molecule has 0 fully saturated rings. The molecule has 0 radical (unpaired) electrons. The third-order valence-corrected chi connectivity index (χ3v) is 2.42. The van der Waals surface area contributed by atoms with E-state index < -0.39 is 0 Å². The van der Waals surface area contributed by atoms with Gasteiger partial charge < -0.3 is 9.15 Å². The number of pyridine rings is 1. The molecule has 2 aromatic rings. The normalized spacial score (nSPS) is 10.7. The van der Waals surface area contributed by atoms with E-state index in [1.807, 2.05) is 20.8 Å². The van der Waals surface area contributed by atoms with Gasteiger partial charge in [0.25, 0.3) is 0 Å². The second kappa shape index (κ2) is 5.04. The van der Waals surface area contributed by atoms with E-state index in [0.29, 0.717) is 17.1 Å². The van der Waals surface area contributed by atoms with E-state index in [0.717, 1.165) is 5.56 Å². The number of aryl methyl sites for hydroxylation is 1. The van der Waals surface area contributed by atoms with Crippen molar-refractivity contribution < 1.29 is 13.9 Å². The predicted octanol–water partition coefficient (Wildman–Crippen LogP) is 3.00. The molecule has 0 saturated carbocycles. The number of carbonyl (C=O) groups excluding carboxylic acids is 1. The average molecular weight is 245 g/mol. The minimum Gasteiger partial charge on any atom is -0.489 e. The lowest BCUT2D eigenvalue weighted by molar-refractivity contribution is 0.101. The summed E-state index contributed by atoms with van der Waals surface area (Å²) in [5.41, 5.74) is 1.28. The van der Waals surface area contributed by atoms with E-state index in [4.69, 9.17) is 9.15 Å². The number of hydrogen-bond acceptors (Lipinski definition) is 4. The van der Waals surface area contributed by atoms with Gasteiger partial charge in [0.1, 0.15) is 5.75 Å². The number of nitrogens with zero attached hydrogens (tertiary/aromatic N) is 1. The molecule has 2 rings (SSSR count). The third kappa shape index (κ3) is 2.59. The van der Waals surface area contributed by atoms with Gasteiger partial charge in [-0.1, -0.05) is 0 Å². The lowest BCUT2D eigenvalue weighted by Gasteiger charge is -2.09. The molecule has 0 aliphatic heterocycles. The quantitative estimate of drug-likeness (QED) is 0.777. The Labute approximate surface area is 106 Å². The first-order valence-corrected chi connectivity index (χ1v) is 5.78. The molecule has 0 N–H and O–H groups in total. The molecule has 0 aliphatic rings. The van der Waals surface area contributed by atoms with E-state index in [2.05, 4.69) is 4.98 Å². The lowest BCUT2D eigenvalue weighted by atomic mass is 10.1. The molecule has 0 amide bonds. The zero-order chi connectivity index (χ0) is 13.1. The minimum absolute atomic E-state index is 0.0440. The summed E-state index contributed by atoms with van der Waals surface area (Å²) in [5, 5.41) is 0. The molecule has 0 atom stereocenters. The Morgan fingerprint density at radius 3 is 2.78 bits per heavy atom. The summed E-state index contributed by atoms with van der Waals surface area (Å²) in [7, 11) is 0. The van der Waals surface area contributed by atoms with Crippen molar-refractivity contribution in [3.63, 3.8) is 0 Å². The second-order valence-corrected chi connectivity index (χ2v) is 4.34. The maximum Gasteiger partial charge on any atom is 0.230 e. The molecule has 0 spiro atoms. The molecule has 4 nitrogen and oxygen atoms in total. The van der Waals surface area contributed by atoms with Gasteiger partial charge in [0.2, 0.25) is 5.78 Å². The van der Waals surface area contributed by atoms with Crippen LogP contribution in [-0.2, 0) is 0 Å². The van der Waals surface area contributed by atoms with Crippen LogP contribution in [0, 0.1) is 6.92 Å². The highest BCUT2D eigenvalue weighted by atomic mass is 16.5. The number of hydrogen-bond donors (Lipinski definition) is 0. The van der Waals surface area contributed by atoms with Gasteiger partial charge in [0.05, 0.1) is 18.6 Å². The van der Waals surface area contributed by atoms with Crippen molar-refractivity contribution in [3.8, 4) is 5.75 Å². The molecule has 0 bridgehead atoms. The molecule has 18 heavy (non-hydrogen) atoms. The molecule has 94 valence electrons. The van der Waals surface area contributed by atoms with Crippen LogP contribution in [0.4, 0.5) is 0 Å². The summed E-state index contributed by atoms with van der Waals surface area (Å²) < 4.78 is 10.7. The molecular formula is C14H15NO3. The van der Waals surface area contributed by atoms with E-state index in [-0.39, 0.29) is 11.9 Å². The average Bonchev–Trinajstić information content (AvgIpc) is 2.74. The van der Waals surface area contributed by atoms with Crippen molar-refractivity contribution >= 4 is 5.78 Å². The molecule has 2 heterocycles. The van der Waals surface area contributed by atoms with Gasteiger partial charge >= 0.3 is 0 Å². The van der Waals surface area contributed by atoms with Crippen molar-refractivity contribution in [2.45, 2.75) is 26.9 Å². The fourth-order valence-electron chi connectivity index (χ4n) is 1.62. The van der Waals surface area contributed by atoms with Crippen LogP contribution >= 0.6 is 0 Å². The van der Waals surface area contributed by atoms with E-state index >= 15 is 0 Å². The van der Waals surface area contributed by atoms with Crippen molar-refractivity contribution in [3.05, 3.63) is 47.7 Å². The smallest absolute Gasteiger partial charge is 0.230 e. The van der Waals surface area contributed by atoms with Gasteiger partial charge in [-0.2, -0.15) is 0 Å². The van der Waals surface area contributed by atoms with E-state index in [9.17, 15) is 4.79 Å². The Morgan fingerprint density at radius 2 is 2.17 bits per heavy atom. The zero-order valence-corrected chi connectivity index (χ0v) is 10.6. The first-order chi connectivity index (χ1) is 8.58. The van der Waals surface area contributed by atoms with Crippen LogP contribution < -0.4 is 4.74 Å². The van der Waals surface area contributed by atoms with Crippen molar-refractivity contribution in [2.24, 2.45) is 0 Å². The summed E-state index contributed by atoms with van der Waals surface area (Å²) in [6.45, 7) is 5.68.